The Bertz CT molecular complexity index is 577. The SMILES string of the molecule is CC(C)(C)CC(NC(=O)OC(C)(C)C)C(=O)NC1(C(O)C(N)=O)CC(F)C1. The lowest BCUT2D eigenvalue weighted by Crippen LogP contribution is -2.69. The van der Waals surface area contributed by atoms with Crippen molar-refractivity contribution >= 4 is 17.9 Å². The van der Waals surface area contributed by atoms with Crippen LogP contribution in [0.4, 0.5) is 9.18 Å². The van der Waals surface area contributed by atoms with E-state index in [1.807, 2.05) is 20.8 Å². The molecule has 0 aliphatic heterocycles. The van der Waals surface area contributed by atoms with Crippen LogP contribution in [0.2, 0.25) is 0 Å². The number of amides is 3. The van der Waals surface area contributed by atoms with Crippen molar-refractivity contribution in [1.29, 1.82) is 0 Å². The van der Waals surface area contributed by atoms with Crippen LogP contribution in [0.5, 0.6) is 0 Å². The van der Waals surface area contributed by atoms with E-state index in [0.717, 1.165) is 0 Å². The molecule has 0 heterocycles. The first-order valence-electron chi connectivity index (χ1n) is 8.98. The number of alkyl carbamates (subject to hydrolysis) is 1. The fourth-order valence-electron chi connectivity index (χ4n) is 3.00. The van der Waals surface area contributed by atoms with Crippen molar-refractivity contribution in [3.63, 3.8) is 0 Å². The van der Waals surface area contributed by atoms with Crippen molar-refractivity contribution < 1.29 is 28.6 Å². The predicted molar refractivity (Wildman–Crippen MR) is 97.4 cm³/mol. The standard InChI is InChI=1S/C18H32FN3O5/c1-16(2,3)9-11(21-15(26)27-17(4,5)6)14(25)22-18(7-10(19)8-18)12(23)13(20)24/h10-12,23H,7-9H2,1-6H3,(H2,20,24)(H,21,26)(H,22,25). The molecule has 0 radical (unpaired) electrons. The van der Waals surface area contributed by atoms with Gasteiger partial charge in [0.2, 0.25) is 11.8 Å². The minimum Gasteiger partial charge on any atom is -0.444 e. The summed E-state index contributed by atoms with van der Waals surface area (Å²) in [6.45, 7) is 10.7. The number of nitrogens with one attached hydrogen (secondary N) is 2. The lowest BCUT2D eigenvalue weighted by Gasteiger charge is -2.47. The van der Waals surface area contributed by atoms with Gasteiger partial charge in [-0.05, 0) is 32.6 Å². The van der Waals surface area contributed by atoms with Crippen molar-refractivity contribution in [3.05, 3.63) is 0 Å². The third kappa shape index (κ3) is 6.97. The number of hydrogen-bond acceptors (Lipinski definition) is 5. The van der Waals surface area contributed by atoms with Crippen LogP contribution in [0.1, 0.15) is 60.8 Å². The van der Waals surface area contributed by atoms with Gasteiger partial charge in [0, 0.05) is 12.8 Å². The van der Waals surface area contributed by atoms with Gasteiger partial charge in [-0.25, -0.2) is 9.18 Å². The van der Waals surface area contributed by atoms with E-state index in [2.05, 4.69) is 10.6 Å². The molecular formula is C18H32FN3O5. The Morgan fingerprint density at radius 3 is 2.11 bits per heavy atom. The molecule has 0 saturated heterocycles. The fourth-order valence-corrected chi connectivity index (χ4v) is 3.00. The van der Waals surface area contributed by atoms with Gasteiger partial charge >= 0.3 is 6.09 Å². The third-order valence-electron chi connectivity index (χ3n) is 4.16. The smallest absolute Gasteiger partial charge is 0.408 e. The number of aliphatic hydroxyl groups excluding tert-OH is 1. The summed E-state index contributed by atoms with van der Waals surface area (Å²) < 4.78 is 18.6. The minimum atomic E-state index is -1.72. The number of primary amides is 1. The van der Waals surface area contributed by atoms with Crippen molar-refractivity contribution in [2.24, 2.45) is 11.1 Å². The molecule has 27 heavy (non-hydrogen) atoms. The van der Waals surface area contributed by atoms with Crippen LogP contribution in [-0.4, -0.2) is 52.5 Å². The van der Waals surface area contributed by atoms with E-state index in [-0.39, 0.29) is 24.7 Å². The van der Waals surface area contributed by atoms with Crippen LogP contribution in [0.3, 0.4) is 0 Å². The van der Waals surface area contributed by atoms with E-state index in [4.69, 9.17) is 10.5 Å². The zero-order valence-corrected chi connectivity index (χ0v) is 16.9. The van der Waals surface area contributed by atoms with Gasteiger partial charge < -0.3 is 26.2 Å². The van der Waals surface area contributed by atoms with Crippen LogP contribution in [0, 0.1) is 5.41 Å². The Hall–Kier alpha value is -1.90. The largest absolute Gasteiger partial charge is 0.444 e. The third-order valence-corrected chi connectivity index (χ3v) is 4.16. The molecule has 8 nitrogen and oxygen atoms in total. The number of carbonyl (C=O) groups is 3. The van der Waals surface area contributed by atoms with E-state index < -0.39 is 47.4 Å². The second-order valence-corrected chi connectivity index (χ2v) is 9.42. The van der Waals surface area contributed by atoms with Crippen LogP contribution in [-0.2, 0) is 14.3 Å². The number of aliphatic hydroxyl groups is 1. The van der Waals surface area contributed by atoms with Gasteiger partial charge in [-0.1, -0.05) is 20.8 Å². The monoisotopic (exact) mass is 389 g/mol. The number of carbonyl (C=O) groups excluding carboxylic acids is 3. The highest BCUT2D eigenvalue weighted by Crippen LogP contribution is 2.38. The molecule has 5 N–H and O–H groups in total. The number of ether oxygens (including phenoxy) is 1. The molecule has 0 aromatic rings. The van der Waals surface area contributed by atoms with E-state index >= 15 is 0 Å². The van der Waals surface area contributed by atoms with E-state index in [0.29, 0.717) is 0 Å². The highest BCUT2D eigenvalue weighted by Gasteiger charge is 2.53. The van der Waals surface area contributed by atoms with Gasteiger partial charge in [-0.3, -0.25) is 9.59 Å². The number of hydrogen-bond donors (Lipinski definition) is 4. The molecule has 1 saturated carbocycles. The topological polar surface area (TPSA) is 131 Å². The highest BCUT2D eigenvalue weighted by molar-refractivity contribution is 5.88. The maximum Gasteiger partial charge on any atom is 0.408 e. The van der Waals surface area contributed by atoms with Crippen LogP contribution < -0.4 is 16.4 Å². The van der Waals surface area contributed by atoms with Gasteiger partial charge in [0.25, 0.3) is 0 Å². The molecule has 1 aliphatic carbocycles. The Morgan fingerprint density at radius 1 is 1.22 bits per heavy atom. The molecule has 1 fully saturated rings. The molecule has 9 heteroatoms. The van der Waals surface area contributed by atoms with Gasteiger partial charge in [0.1, 0.15) is 17.8 Å². The number of halogens is 1. The summed E-state index contributed by atoms with van der Waals surface area (Å²) in [5.74, 6) is -1.68. The number of rotatable bonds is 6. The second kappa shape index (κ2) is 8.00. The molecule has 0 bridgehead atoms. The first-order chi connectivity index (χ1) is 12.0. The number of alkyl halides is 1. The summed E-state index contributed by atoms with van der Waals surface area (Å²) in [5.41, 5.74) is 2.59. The maximum atomic E-state index is 13.5. The fraction of sp³-hybridized carbons (Fsp3) is 0.833. The van der Waals surface area contributed by atoms with Crippen molar-refractivity contribution in [3.8, 4) is 0 Å². The average Bonchev–Trinajstić information content (AvgIpc) is 2.39. The molecule has 0 spiro atoms. The van der Waals surface area contributed by atoms with E-state index in [9.17, 15) is 23.9 Å². The molecular weight excluding hydrogens is 357 g/mol. The summed E-state index contributed by atoms with van der Waals surface area (Å²) in [5, 5.41) is 15.1. The molecule has 1 rings (SSSR count). The average molecular weight is 389 g/mol. The lowest BCUT2D eigenvalue weighted by atomic mass is 9.70. The molecule has 1 aliphatic rings. The summed E-state index contributed by atoms with van der Waals surface area (Å²) in [7, 11) is 0. The Morgan fingerprint density at radius 2 is 1.74 bits per heavy atom. The maximum absolute atomic E-state index is 13.5. The van der Waals surface area contributed by atoms with Crippen molar-refractivity contribution in [2.45, 2.75) is 90.3 Å². The summed E-state index contributed by atoms with van der Waals surface area (Å²) in [6.07, 6.45) is -3.92. The molecule has 0 aromatic heterocycles. The lowest BCUT2D eigenvalue weighted by molar-refractivity contribution is -0.142. The summed E-state index contributed by atoms with van der Waals surface area (Å²) in [4.78, 5) is 36.3. The molecule has 156 valence electrons. The van der Waals surface area contributed by atoms with Gasteiger partial charge in [-0.2, -0.15) is 0 Å². The van der Waals surface area contributed by atoms with Gasteiger partial charge in [0.15, 0.2) is 6.10 Å². The number of nitrogens with two attached hydrogens (primary N) is 1. The highest BCUT2D eigenvalue weighted by atomic mass is 19.1. The minimum absolute atomic E-state index is 0.225. The predicted octanol–water partition coefficient (Wildman–Crippen LogP) is 1.15. The zero-order chi connectivity index (χ0) is 21.2. The van der Waals surface area contributed by atoms with Crippen molar-refractivity contribution in [2.75, 3.05) is 0 Å². The first kappa shape index (κ1) is 23.1. The Balaban J connectivity index is 2.95. The first-order valence-corrected chi connectivity index (χ1v) is 8.98. The van der Waals surface area contributed by atoms with Crippen LogP contribution >= 0.6 is 0 Å². The molecule has 2 atom stereocenters. The van der Waals surface area contributed by atoms with E-state index in [1.165, 1.54) is 0 Å². The Kier molecular flexibility index (Phi) is 6.85. The van der Waals surface area contributed by atoms with Gasteiger partial charge in [-0.15, -0.1) is 0 Å². The van der Waals surface area contributed by atoms with Crippen LogP contribution in [0.25, 0.3) is 0 Å². The Labute approximate surface area is 159 Å². The molecule has 0 aromatic carbocycles. The zero-order valence-electron chi connectivity index (χ0n) is 16.9. The molecule has 2 unspecified atom stereocenters. The normalized spacial score (nSPS) is 25.0. The van der Waals surface area contributed by atoms with Gasteiger partial charge in [0.05, 0.1) is 5.54 Å². The van der Waals surface area contributed by atoms with Crippen LogP contribution in [0.15, 0.2) is 0 Å². The summed E-state index contributed by atoms with van der Waals surface area (Å²) >= 11 is 0. The summed E-state index contributed by atoms with van der Waals surface area (Å²) in [6, 6.07) is -0.990. The quantitative estimate of drug-likeness (QED) is 0.541. The van der Waals surface area contributed by atoms with Crippen molar-refractivity contribution in [1.82, 2.24) is 10.6 Å². The second-order valence-electron chi connectivity index (χ2n) is 9.42. The molecule has 3 amide bonds. The van der Waals surface area contributed by atoms with E-state index in [1.54, 1.807) is 20.8 Å².